The molecule has 0 aliphatic carbocycles. The van der Waals surface area contributed by atoms with Crippen molar-refractivity contribution in [3.63, 3.8) is 0 Å². The molecule has 104 valence electrons. The first-order chi connectivity index (χ1) is 9.63. The predicted octanol–water partition coefficient (Wildman–Crippen LogP) is 3.55. The van der Waals surface area contributed by atoms with E-state index in [0.29, 0.717) is 0 Å². The zero-order chi connectivity index (χ0) is 14.5. The van der Waals surface area contributed by atoms with Crippen LogP contribution in [-0.2, 0) is 0 Å². The van der Waals surface area contributed by atoms with Gasteiger partial charge in [-0.3, -0.25) is 0 Å². The third-order valence-corrected chi connectivity index (χ3v) is 3.76. The number of ether oxygens (including phenoxy) is 2. The molecule has 0 aromatic heterocycles. The quantitative estimate of drug-likeness (QED) is 0.912. The number of benzene rings is 2. The van der Waals surface area contributed by atoms with Gasteiger partial charge in [-0.1, -0.05) is 11.8 Å². The summed E-state index contributed by atoms with van der Waals surface area (Å²) < 4.78 is 10.5. The van der Waals surface area contributed by atoms with Gasteiger partial charge in [-0.2, -0.15) is 0 Å². The highest BCUT2D eigenvalue weighted by Crippen LogP contribution is 2.37. The molecule has 0 atom stereocenters. The second-order valence-electron chi connectivity index (χ2n) is 3.95. The highest BCUT2D eigenvalue weighted by Gasteiger charge is 2.08. The highest BCUT2D eigenvalue weighted by atomic mass is 32.2. The Balaban J connectivity index is 2.23. The lowest BCUT2D eigenvalue weighted by molar-refractivity contribution is 0.0697. The van der Waals surface area contributed by atoms with Crippen molar-refractivity contribution in [2.45, 2.75) is 9.79 Å². The molecular formula is C15H14O4S. The fourth-order valence-electron chi connectivity index (χ4n) is 1.65. The Labute approximate surface area is 121 Å². The van der Waals surface area contributed by atoms with Crippen LogP contribution < -0.4 is 9.47 Å². The van der Waals surface area contributed by atoms with E-state index in [1.54, 1.807) is 38.5 Å². The van der Waals surface area contributed by atoms with Crippen LogP contribution in [0.2, 0.25) is 0 Å². The highest BCUT2D eigenvalue weighted by molar-refractivity contribution is 7.99. The van der Waals surface area contributed by atoms with E-state index in [2.05, 4.69) is 0 Å². The molecule has 4 nitrogen and oxygen atoms in total. The van der Waals surface area contributed by atoms with Gasteiger partial charge in [-0.05, 0) is 36.4 Å². The van der Waals surface area contributed by atoms with Crippen molar-refractivity contribution in [1.29, 1.82) is 0 Å². The van der Waals surface area contributed by atoms with E-state index in [4.69, 9.17) is 14.6 Å². The van der Waals surface area contributed by atoms with Gasteiger partial charge in [0.15, 0.2) is 0 Å². The number of methoxy groups -OCH3 is 2. The van der Waals surface area contributed by atoms with Gasteiger partial charge in [-0.25, -0.2) is 4.79 Å². The molecule has 20 heavy (non-hydrogen) atoms. The first-order valence-corrected chi connectivity index (χ1v) is 6.69. The standard InChI is InChI=1S/C15H14O4S/c1-18-11-5-8-14(13(9-11)19-2)20-12-6-3-10(4-7-12)15(16)17/h3-9H,1-2H3,(H,16,17). The van der Waals surface area contributed by atoms with Crippen molar-refractivity contribution in [2.75, 3.05) is 14.2 Å². The van der Waals surface area contributed by atoms with Crippen LogP contribution in [0.25, 0.3) is 0 Å². The number of aromatic carboxylic acids is 1. The maximum atomic E-state index is 10.8. The van der Waals surface area contributed by atoms with Gasteiger partial charge in [0.1, 0.15) is 11.5 Å². The Morgan fingerprint density at radius 3 is 2.30 bits per heavy atom. The van der Waals surface area contributed by atoms with E-state index in [0.717, 1.165) is 21.3 Å². The van der Waals surface area contributed by atoms with Crippen molar-refractivity contribution in [1.82, 2.24) is 0 Å². The molecule has 0 aliphatic rings. The zero-order valence-corrected chi connectivity index (χ0v) is 11.9. The van der Waals surface area contributed by atoms with Crippen LogP contribution in [0.5, 0.6) is 11.5 Å². The molecular weight excluding hydrogens is 276 g/mol. The normalized spacial score (nSPS) is 10.1. The second kappa shape index (κ2) is 6.34. The van der Waals surface area contributed by atoms with Gasteiger partial charge in [-0.15, -0.1) is 0 Å². The molecule has 5 heteroatoms. The molecule has 0 heterocycles. The first-order valence-electron chi connectivity index (χ1n) is 5.87. The predicted molar refractivity (Wildman–Crippen MR) is 77.1 cm³/mol. The molecule has 2 aromatic carbocycles. The van der Waals surface area contributed by atoms with Crippen LogP contribution in [0, 0.1) is 0 Å². The van der Waals surface area contributed by atoms with E-state index in [1.165, 1.54) is 11.8 Å². The molecule has 0 fully saturated rings. The monoisotopic (exact) mass is 290 g/mol. The van der Waals surface area contributed by atoms with E-state index in [9.17, 15) is 4.79 Å². The average Bonchev–Trinajstić information content (AvgIpc) is 2.48. The van der Waals surface area contributed by atoms with E-state index in [-0.39, 0.29) is 5.56 Å². The number of hydrogen-bond acceptors (Lipinski definition) is 4. The molecule has 0 aliphatic heterocycles. The summed E-state index contributed by atoms with van der Waals surface area (Å²) in [5, 5.41) is 8.86. The number of hydrogen-bond donors (Lipinski definition) is 1. The minimum absolute atomic E-state index is 0.274. The summed E-state index contributed by atoms with van der Waals surface area (Å²) in [7, 11) is 3.21. The fourth-order valence-corrected chi connectivity index (χ4v) is 2.56. The van der Waals surface area contributed by atoms with Crippen LogP contribution in [0.15, 0.2) is 52.3 Å². The minimum atomic E-state index is -0.927. The number of carboxylic acids is 1. The van der Waals surface area contributed by atoms with Gasteiger partial charge < -0.3 is 14.6 Å². The smallest absolute Gasteiger partial charge is 0.335 e. The molecule has 0 radical (unpaired) electrons. The summed E-state index contributed by atoms with van der Waals surface area (Å²) in [5.74, 6) is 0.521. The van der Waals surface area contributed by atoms with Gasteiger partial charge in [0.25, 0.3) is 0 Å². The van der Waals surface area contributed by atoms with Gasteiger partial charge in [0.2, 0.25) is 0 Å². The maximum Gasteiger partial charge on any atom is 0.335 e. The van der Waals surface area contributed by atoms with Crippen molar-refractivity contribution >= 4 is 17.7 Å². The summed E-state index contributed by atoms with van der Waals surface area (Å²) in [4.78, 5) is 12.7. The molecule has 0 bridgehead atoms. The van der Waals surface area contributed by atoms with Crippen LogP contribution in [0.3, 0.4) is 0 Å². The Hall–Kier alpha value is -2.14. The second-order valence-corrected chi connectivity index (χ2v) is 5.06. The van der Waals surface area contributed by atoms with E-state index >= 15 is 0 Å². The van der Waals surface area contributed by atoms with Crippen molar-refractivity contribution in [2.24, 2.45) is 0 Å². The first kappa shape index (κ1) is 14.3. The third kappa shape index (κ3) is 3.24. The van der Waals surface area contributed by atoms with Crippen LogP contribution in [-0.4, -0.2) is 25.3 Å². The Kier molecular flexibility index (Phi) is 4.53. The van der Waals surface area contributed by atoms with Crippen LogP contribution in [0.1, 0.15) is 10.4 Å². The molecule has 2 aromatic rings. The van der Waals surface area contributed by atoms with Crippen LogP contribution >= 0.6 is 11.8 Å². The Morgan fingerprint density at radius 1 is 1.05 bits per heavy atom. The van der Waals surface area contributed by atoms with Gasteiger partial charge in [0.05, 0.1) is 24.7 Å². The molecule has 0 unspecified atom stereocenters. The molecule has 0 saturated heterocycles. The summed E-state index contributed by atoms with van der Waals surface area (Å²) in [6.07, 6.45) is 0. The average molecular weight is 290 g/mol. The third-order valence-electron chi connectivity index (χ3n) is 2.70. The SMILES string of the molecule is COc1ccc(Sc2ccc(C(=O)O)cc2)c(OC)c1. The van der Waals surface area contributed by atoms with Crippen molar-refractivity contribution < 1.29 is 19.4 Å². The van der Waals surface area contributed by atoms with Crippen molar-refractivity contribution in [3.05, 3.63) is 48.0 Å². The maximum absolute atomic E-state index is 10.8. The summed E-state index contributed by atoms with van der Waals surface area (Å²) in [5.41, 5.74) is 0.274. The van der Waals surface area contributed by atoms with Crippen molar-refractivity contribution in [3.8, 4) is 11.5 Å². The largest absolute Gasteiger partial charge is 0.497 e. The van der Waals surface area contributed by atoms with E-state index in [1.807, 2.05) is 18.2 Å². The van der Waals surface area contributed by atoms with Gasteiger partial charge in [0, 0.05) is 11.0 Å². The van der Waals surface area contributed by atoms with E-state index < -0.39 is 5.97 Å². The Bertz CT molecular complexity index is 608. The topological polar surface area (TPSA) is 55.8 Å². The molecule has 0 spiro atoms. The number of carbonyl (C=O) groups is 1. The summed E-state index contributed by atoms with van der Waals surface area (Å²) in [6.45, 7) is 0. The summed E-state index contributed by atoms with van der Waals surface area (Å²) >= 11 is 1.50. The lowest BCUT2D eigenvalue weighted by Gasteiger charge is -2.10. The molecule has 0 amide bonds. The van der Waals surface area contributed by atoms with Gasteiger partial charge >= 0.3 is 5.97 Å². The fraction of sp³-hybridized carbons (Fsp3) is 0.133. The summed E-state index contributed by atoms with van der Waals surface area (Å²) in [6, 6.07) is 12.3. The lowest BCUT2D eigenvalue weighted by atomic mass is 10.2. The molecule has 0 saturated carbocycles. The minimum Gasteiger partial charge on any atom is -0.497 e. The number of carboxylic acid groups (broad SMARTS) is 1. The van der Waals surface area contributed by atoms with Crippen LogP contribution in [0.4, 0.5) is 0 Å². The number of rotatable bonds is 5. The molecule has 2 rings (SSSR count). The zero-order valence-electron chi connectivity index (χ0n) is 11.1. The lowest BCUT2D eigenvalue weighted by Crippen LogP contribution is -1.94. The Morgan fingerprint density at radius 2 is 1.75 bits per heavy atom. The molecule has 1 N–H and O–H groups in total.